The van der Waals surface area contributed by atoms with Gasteiger partial charge in [-0.25, -0.2) is 49.8 Å². The van der Waals surface area contributed by atoms with Crippen LogP contribution in [0, 0.1) is 0 Å². The van der Waals surface area contributed by atoms with Crippen LogP contribution >= 0.6 is 0 Å². The van der Waals surface area contributed by atoms with Gasteiger partial charge in [0.2, 0.25) is 0 Å². The first-order chi connectivity index (χ1) is 45.1. The molecular weight excluding hydrogens is 1110 g/mol. The Morgan fingerprint density at radius 1 is 0.176 bits per heavy atom. The molecule has 0 spiro atoms. The van der Waals surface area contributed by atoms with Gasteiger partial charge >= 0.3 is 0 Å². The molecule has 0 atom stereocenters. The molecule has 11 aromatic carbocycles. The lowest BCUT2D eigenvalue weighted by Crippen LogP contribution is -2.07. The molecule has 0 radical (unpaired) electrons. The van der Waals surface area contributed by atoms with Crippen molar-refractivity contribution in [3.63, 3.8) is 0 Å². The maximum atomic E-state index is 5.42. The van der Waals surface area contributed by atoms with E-state index in [9.17, 15) is 0 Å². The van der Waals surface area contributed by atoms with Gasteiger partial charge in [0.1, 0.15) is 0 Å². The second-order valence-corrected chi connectivity index (χ2v) is 22.0. The third-order valence-electron chi connectivity index (χ3n) is 16.2. The summed E-state index contributed by atoms with van der Waals surface area (Å²) in [6, 6.07) is 105. The van der Waals surface area contributed by atoms with Gasteiger partial charge in [0, 0.05) is 77.5 Å². The quantitative estimate of drug-likeness (QED) is 0.110. The molecule has 91 heavy (non-hydrogen) atoms. The zero-order valence-corrected chi connectivity index (χ0v) is 48.9. The van der Waals surface area contributed by atoms with Crippen LogP contribution in [-0.2, 0) is 0 Å². The maximum absolute atomic E-state index is 5.42. The van der Waals surface area contributed by atoms with Gasteiger partial charge < -0.3 is 4.57 Å². The van der Waals surface area contributed by atoms with E-state index in [1.54, 1.807) is 0 Å². The number of hydrogen-bond acceptors (Lipinski definition) is 10. The van der Waals surface area contributed by atoms with Crippen molar-refractivity contribution in [2.75, 3.05) is 0 Å². The van der Waals surface area contributed by atoms with Gasteiger partial charge in [-0.05, 0) is 48.5 Å². The Morgan fingerprint density at radius 3 is 0.703 bits per heavy atom. The normalized spacial score (nSPS) is 11.3. The Morgan fingerprint density at radius 2 is 0.418 bits per heavy atom. The summed E-state index contributed by atoms with van der Waals surface area (Å²) in [4.78, 5) is 53.1. The maximum Gasteiger partial charge on any atom is 0.166 e. The monoisotopic (exact) mass is 1170 g/mol. The number of benzene rings is 11. The molecule has 0 unspecified atom stereocenters. The zero-order valence-electron chi connectivity index (χ0n) is 48.9. The fourth-order valence-electron chi connectivity index (χ4n) is 11.7. The van der Waals surface area contributed by atoms with Crippen molar-refractivity contribution >= 4 is 21.8 Å². The van der Waals surface area contributed by atoms with Crippen molar-refractivity contribution in [1.82, 2.24) is 54.4 Å². The van der Waals surface area contributed by atoms with E-state index in [-0.39, 0.29) is 0 Å². The molecule has 11 heteroatoms. The minimum Gasteiger partial charge on any atom is -0.308 e. The third-order valence-corrected chi connectivity index (χ3v) is 16.2. The zero-order chi connectivity index (χ0) is 60.5. The molecule has 0 aliphatic carbocycles. The highest BCUT2D eigenvalue weighted by Gasteiger charge is 2.26. The van der Waals surface area contributed by atoms with Gasteiger partial charge in [0.25, 0.3) is 0 Å². The molecular formula is C80H51N11. The van der Waals surface area contributed by atoms with Crippen LogP contribution in [0.1, 0.15) is 0 Å². The summed E-state index contributed by atoms with van der Waals surface area (Å²) in [5, 5.41) is 1.90. The molecule has 0 fully saturated rings. The van der Waals surface area contributed by atoms with Gasteiger partial charge in [0.15, 0.2) is 46.6 Å². The van der Waals surface area contributed by atoms with Crippen molar-refractivity contribution in [2.45, 2.75) is 0 Å². The summed E-state index contributed by atoms with van der Waals surface area (Å²) < 4.78 is 2.32. The lowest BCUT2D eigenvalue weighted by Gasteiger charge is -2.19. The number of aromatic nitrogens is 11. The fraction of sp³-hybridized carbons (Fsp3) is 0. The van der Waals surface area contributed by atoms with Crippen molar-refractivity contribution in [3.8, 4) is 142 Å². The largest absolute Gasteiger partial charge is 0.308 e. The molecule has 0 N–H and O–H groups in total. The van der Waals surface area contributed by atoms with Crippen molar-refractivity contribution in [3.05, 3.63) is 309 Å². The van der Waals surface area contributed by atoms with Crippen LogP contribution in [0.4, 0.5) is 0 Å². The van der Waals surface area contributed by atoms with E-state index < -0.39 is 0 Å². The Labute approximate surface area is 524 Å². The van der Waals surface area contributed by atoms with Crippen molar-refractivity contribution < 1.29 is 0 Å². The van der Waals surface area contributed by atoms with Crippen LogP contribution in [-0.4, -0.2) is 54.4 Å². The van der Waals surface area contributed by atoms with Gasteiger partial charge in [-0.3, -0.25) is 0 Å². The minimum atomic E-state index is 0.458. The van der Waals surface area contributed by atoms with Crippen LogP contribution in [0.5, 0.6) is 0 Å². The van der Waals surface area contributed by atoms with Gasteiger partial charge in [-0.2, -0.15) is 0 Å². The highest BCUT2D eigenvalue weighted by Crippen LogP contribution is 2.44. The molecule has 16 rings (SSSR count). The highest BCUT2D eigenvalue weighted by atomic mass is 15.1. The molecule has 0 aliphatic rings. The van der Waals surface area contributed by atoms with E-state index in [0.717, 1.165) is 117 Å². The molecule has 0 amide bonds. The third kappa shape index (κ3) is 10.6. The minimum absolute atomic E-state index is 0.458. The molecule has 0 aliphatic heterocycles. The van der Waals surface area contributed by atoms with Gasteiger partial charge in [0.05, 0.1) is 39.5 Å². The number of para-hydroxylation sites is 1. The Hall–Kier alpha value is -12.6. The van der Waals surface area contributed by atoms with E-state index in [1.807, 2.05) is 200 Å². The molecule has 11 nitrogen and oxygen atoms in total. The lowest BCUT2D eigenvalue weighted by atomic mass is 10.0. The van der Waals surface area contributed by atoms with Gasteiger partial charge in [-0.1, -0.05) is 261 Å². The number of hydrogen-bond donors (Lipinski definition) is 0. The second kappa shape index (κ2) is 23.6. The van der Waals surface area contributed by atoms with E-state index in [0.29, 0.717) is 46.6 Å². The molecule has 5 aromatic heterocycles. The summed E-state index contributed by atoms with van der Waals surface area (Å²) in [6.07, 6.45) is 0. The Bertz CT molecular complexity index is 4750. The predicted molar refractivity (Wildman–Crippen MR) is 364 cm³/mol. The van der Waals surface area contributed by atoms with Crippen LogP contribution < -0.4 is 0 Å². The van der Waals surface area contributed by atoms with Crippen LogP contribution in [0.3, 0.4) is 0 Å². The first kappa shape index (κ1) is 53.8. The van der Waals surface area contributed by atoms with Crippen LogP contribution in [0.2, 0.25) is 0 Å². The van der Waals surface area contributed by atoms with Gasteiger partial charge in [-0.15, -0.1) is 0 Å². The number of fused-ring (bicyclic) bond motifs is 3. The fourth-order valence-corrected chi connectivity index (χ4v) is 11.7. The summed E-state index contributed by atoms with van der Waals surface area (Å²) in [5.41, 5.74) is 16.1. The predicted octanol–water partition coefficient (Wildman–Crippen LogP) is 18.7. The first-order valence-electron chi connectivity index (χ1n) is 30.1. The smallest absolute Gasteiger partial charge is 0.166 e. The average Bonchev–Trinajstić information content (AvgIpc) is 1.68. The molecule has 426 valence electrons. The van der Waals surface area contributed by atoms with Crippen molar-refractivity contribution in [2.24, 2.45) is 0 Å². The number of nitrogens with zero attached hydrogens (tertiary/aromatic N) is 11. The summed E-state index contributed by atoms with van der Waals surface area (Å²) in [7, 11) is 0. The average molecular weight is 1170 g/mol. The summed E-state index contributed by atoms with van der Waals surface area (Å²) in [5.74, 6) is 4.27. The Kier molecular flexibility index (Phi) is 14.0. The highest BCUT2D eigenvalue weighted by molar-refractivity contribution is 6.13. The van der Waals surface area contributed by atoms with E-state index in [1.165, 1.54) is 0 Å². The van der Waals surface area contributed by atoms with E-state index in [2.05, 4.69) is 114 Å². The summed E-state index contributed by atoms with van der Waals surface area (Å²) in [6.45, 7) is 0. The Balaban J connectivity index is 1.01. The molecule has 0 saturated heterocycles. The SMILES string of the molecule is c1ccc(-c2cc(-c3ccc4c(c3)c3cc(-c5cc(-c6ccccc6)nc(-c6ccccc6)n5)ccc3n4-c3c(-c4nc(-c5ccccc5)nc(-c5ccccc5)n4)cccc3-c3nc(-c4ccccc4)nc(-c4ccccc4)n3)nc(-c3ccccc3)n2)cc1. The van der Waals surface area contributed by atoms with Crippen LogP contribution in [0.25, 0.3) is 164 Å². The standard InChI is InChI=1S/C80H51N11/c1-9-26-52(27-10-1)66-50-68(83-73(81-66)54-30-13-3-14-31-54)60-44-46-70-64(48-60)65-49-61(69-51-67(53-28-11-2-12-29-53)82-74(84-69)55-32-15-4-16-33-55)45-47-71(65)91(70)72-62(79-87-75(56-34-17-5-18-35-56)85-76(88-79)57-36-19-6-20-37-57)42-25-43-63(72)80-89-77(58-38-21-7-22-39-58)86-78(90-80)59-40-23-8-24-41-59/h1-51H. The van der Waals surface area contributed by atoms with E-state index >= 15 is 0 Å². The van der Waals surface area contributed by atoms with Crippen molar-refractivity contribution in [1.29, 1.82) is 0 Å². The second-order valence-electron chi connectivity index (χ2n) is 22.0. The topological polar surface area (TPSA) is 134 Å². The molecule has 5 heterocycles. The van der Waals surface area contributed by atoms with E-state index in [4.69, 9.17) is 49.8 Å². The summed E-state index contributed by atoms with van der Waals surface area (Å²) >= 11 is 0. The number of rotatable bonds is 13. The van der Waals surface area contributed by atoms with Crippen LogP contribution in [0.15, 0.2) is 309 Å². The molecule has 0 saturated carbocycles. The molecule has 16 aromatic rings. The lowest BCUT2D eigenvalue weighted by molar-refractivity contribution is 1.05. The molecule has 0 bridgehead atoms. The first-order valence-corrected chi connectivity index (χ1v) is 30.1.